The Morgan fingerprint density at radius 2 is 2.00 bits per heavy atom. The molecule has 2 rings (SSSR count). The molecule has 6 nitrogen and oxygen atoms in total. The molecule has 2 aromatic rings. The van der Waals surface area contributed by atoms with E-state index in [1.54, 1.807) is 24.3 Å². The summed E-state index contributed by atoms with van der Waals surface area (Å²) in [7, 11) is 0. The number of nitrogen functional groups attached to an aromatic ring is 1. The molecule has 106 valence electrons. The molecular weight excluding hydrogens is 270 g/mol. The lowest BCUT2D eigenvalue weighted by atomic mass is 10.2. The standard InChI is InChI=1S/C15H13N3O3/c16-13-8-10-18(15(20)17-13)9-4-5-11-21-14(19)12-6-2-1-3-7-12/h1-3,6-8,10H,9,11H2,(H2,16,17,20). The van der Waals surface area contributed by atoms with Crippen molar-refractivity contribution >= 4 is 11.8 Å². The van der Waals surface area contributed by atoms with Crippen LogP contribution in [-0.2, 0) is 11.3 Å². The molecule has 0 atom stereocenters. The lowest BCUT2D eigenvalue weighted by molar-refractivity contribution is 0.0556. The molecule has 6 heteroatoms. The third-order valence-electron chi connectivity index (χ3n) is 2.56. The number of carbonyl (C=O) groups excluding carboxylic acids is 1. The normalized spacial score (nSPS) is 9.52. The molecule has 21 heavy (non-hydrogen) atoms. The Kier molecular flexibility index (Phi) is 4.72. The monoisotopic (exact) mass is 283 g/mol. The van der Waals surface area contributed by atoms with Gasteiger partial charge in [-0.05, 0) is 18.2 Å². The SMILES string of the molecule is Nc1ccn(CC#CCOC(=O)c2ccccc2)c(=O)n1. The van der Waals surface area contributed by atoms with E-state index in [0.717, 1.165) is 0 Å². The van der Waals surface area contributed by atoms with Crippen LogP contribution in [0.5, 0.6) is 0 Å². The van der Waals surface area contributed by atoms with E-state index in [-0.39, 0.29) is 19.0 Å². The van der Waals surface area contributed by atoms with Gasteiger partial charge in [-0.25, -0.2) is 9.59 Å². The van der Waals surface area contributed by atoms with Crippen LogP contribution in [0.1, 0.15) is 10.4 Å². The van der Waals surface area contributed by atoms with Crippen molar-refractivity contribution in [3.8, 4) is 11.8 Å². The van der Waals surface area contributed by atoms with Gasteiger partial charge in [-0.1, -0.05) is 30.0 Å². The fourth-order valence-electron chi connectivity index (χ4n) is 1.51. The van der Waals surface area contributed by atoms with Crippen molar-refractivity contribution in [2.75, 3.05) is 12.3 Å². The predicted octanol–water partition coefficient (Wildman–Crippen LogP) is 0.686. The molecular formula is C15H13N3O3. The second-order valence-electron chi connectivity index (χ2n) is 4.06. The zero-order valence-corrected chi connectivity index (χ0v) is 11.2. The minimum Gasteiger partial charge on any atom is -0.449 e. The van der Waals surface area contributed by atoms with Crippen LogP contribution in [-0.4, -0.2) is 22.1 Å². The molecule has 0 aliphatic heterocycles. The molecule has 1 aromatic heterocycles. The number of anilines is 1. The van der Waals surface area contributed by atoms with Gasteiger partial charge in [0.2, 0.25) is 0 Å². The van der Waals surface area contributed by atoms with Gasteiger partial charge in [-0.3, -0.25) is 4.57 Å². The van der Waals surface area contributed by atoms with Crippen molar-refractivity contribution in [1.82, 2.24) is 9.55 Å². The maximum Gasteiger partial charge on any atom is 0.350 e. The number of nitrogens with two attached hydrogens (primary N) is 1. The van der Waals surface area contributed by atoms with E-state index >= 15 is 0 Å². The zero-order chi connectivity index (χ0) is 15.1. The number of esters is 1. The number of hydrogen-bond donors (Lipinski definition) is 1. The number of aromatic nitrogens is 2. The fraction of sp³-hybridized carbons (Fsp3) is 0.133. The van der Waals surface area contributed by atoms with E-state index in [9.17, 15) is 9.59 Å². The number of hydrogen-bond acceptors (Lipinski definition) is 5. The fourth-order valence-corrected chi connectivity index (χ4v) is 1.51. The van der Waals surface area contributed by atoms with Gasteiger partial charge < -0.3 is 10.5 Å². The lowest BCUT2D eigenvalue weighted by Gasteiger charge is -2.00. The summed E-state index contributed by atoms with van der Waals surface area (Å²) >= 11 is 0. The largest absolute Gasteiger partial charge is 0.449 e. The van der Waals surface area contributed by atoms with Gasteiger partial charge in [0.25, 0.3) is 0 Å². The topological polar surface area (TPSA) is 87.2 Å². The van der Waals surface area contributed by atoms with Crippen LogP contribution >= 0.6 is 0 Å². The first-order chi connectivity index (χ1) is 10.2. The van der Waals surface area contributed by atoms with Gasteiger partial charge in [0.1, 0.15) is 5.82 Å². The molecule has 0 saturated carbocycles. The minimum absolute atomic E-state index is 0.0368. The van der Waals surface area contributed by atoms with Crippen LogP contribution in [0.2, 0.25) is 0 Å². The van der Waals surface area contributed by atoms with Gasteiger partial charge in [0, 0.05) is 6.20 Å². The Balaban J connectivity index is 1.85. The summed E-state index contributed by atoms with van der Waals surface area (Å²) in [6, 6.07) is 10.2. The van der Waals surface area contributed by atoms with Crippen LogP contribution in [0.3, 0.4) is 0 Å². The number of carbonyl (C=O) groups is 1. The van der Waals surface area contributed by atoms with Crippen LogP contribution in [0, 0.1) is 11.8 Å². The zero-order valence-electron chi connectivity index (χ0n) is 11.2. The number of benzene rings is 1. The van der Waals surface area contributed by atoms with Crippen molar-refractivity contribution in [2.24, 2.45) is 0 Å². The molecule has 0 fully saturated rings. The maximum absolute atomic E-state index is 11.6. The van der Waals surface area contributed by atoms with E-state index in [2.05, 4.69) is 16.8 Å². The van der Waals surface area contributed by atoms with Crippen molar-refractivity contribution in [3.63, 3.8) is 0 Å². The summed E-state index contributed by atoms with van der Waals surface area (Å²) in [5, 5.41) is 0. The molecule has 0 aliphatic rings. The minimum atomic E-state index is -0.467. The summed E-state index contributed by atoms with van der Waals surface area (Å²) in [4.78, 5) is 26.6. The van der Waals surface area contributed by atoms with Gasteiger partial charge in [0.15, 0.2) is 6.61 Å². The van der Waals surface area contributed by atoms with E-state index in [1.165, 1.54) is 16.8 Å². The summed E-state index contributed by atoms with van der Waals surface area (Å²) in [5.41, 5.74) is 5.38. The van der Waals surface area contributed by atoms with Crippen LogP contribution in [0.25, 0.3) is 0 Å². The Bertz CT molecular complexity index is 742. The molecule has 0 aliphatic carbocycles. The average molecular weight is 283 g/mol. The van der Waals surface area contributed by atoms with Crippen molar-refractivity contribution < 1.29 is 9.53 Å². The van der Waals surface area contributed by atoms with Crippen molar-refractivity contribution in [2.45, 2.75) is 6.54 Å². The summed E-state index contributed by atoms with van der Waals surface area (Å²) in [6.45, 7) is 0.125. The summed E-state index contributed by atoms with van der Waals surface area (Å²) in [5.74, 6) is 5.12. The summed E-state index contributed by atoms with van der Waals surface area (Å²) in [6.07, 6.45) is 1.51. The van der Waals surface area contributed by atoms with E-state index in [1.807, 2.05) is 6.07 Å². The van der Waals surface area contributed by atoms with Crippen molar-refractivity contribution in [1.29, 1.82) is 0 Å². The Morgan fingerprint density at radius 3 is 2.71 bits per heavy atom. The predicted molar refractivity (Wildman–Crippen MR) is 77.4 cm³/mol. The molecule has 0 spiro atoms. The third-order valence-corrected chi connectivity index (χ3v) is 2.56. The average Bonchev–Trinajstić information content (AvgIpc) is 2.49. The first kappa shape index (κ1) is 14.3. The summed E-state index contributed by atoms with van der Waals surface area (Å²) < 4.78 is 6.29. The Labute approximate surface area is 121 Å². The van der Waals surface area contributed by atoms with E-state index in [0.29, 0.717) is 5.56 Å². The highest BCUT2D eigenvalue weighted by atomic mass is 16.5. The van der Waals surface area contributed by atoms with Crippen LogP contribution in [0.4, 0.5) is 5.82 Å². The molecule has 0 saturated heterocycles. The molecule has 1 aromatic carbocycles. The van der Waals surface area contributed by atoms with Gasteiger partial charge in [-0.2, -0.15) is 4.98 Å². The first-order valence-electron chi connectivity index (χ1n) is 6.17. The lowest BCUT2D eigenvalue weighted by Crippen LogP contribution is -2.22. The number of ether oxygens (including phenoxy) is 1. The van der Waals surface area contributed by atoms with Gasteiger partial charge in [0.05, 0.1) is 12.1 Å². The van der Waals surface area contributed by atoms with Crippen LogP contribution < -0.4 is 11.4 Å². The smallest absolute Gasteiger partial charge is 0.350 e. The Hall–Kier alpha value is -3.07. The Morgan fingerprint density at radius 1 is 1.24 bits per heavy atom. The van der Waals surface area contributed by atoms with E-state index in [4.69, 9.17) is 10.5 Å². The van der Waals surface area contributed by atoms with Crippen LogP contribution in [0.15, 0.2) is 47.4 Å². The highest BCUT2D eigenvalue weighted by Gasteiger charge is 2.03. The number of nitrogens with zero attached hydrogens (tertiary/aromatic N) is 2. The van der Waals surface area contributed by atoms with E-state index < -0.39 is 11.7 Å². The molecule has 0 amide bonds. The molecule has 0 bridgehead atoms. The molecule has 2 N–H and O–H groups in total. The maximum atomic E-state index is 11.6. The highest BCUT2D eigenvalue weighted by Crippen LogP contribution is 2.00. The van der Waals surface area contributed by atoms with Crippen molar-refractivity contribution in [3.05, 3.63) is 58.6 Å². The quantitative estimate of drug-likeness (QED) is 0.661. The number of rotatable bonds is 3. The van der Waals surface area contributed by atoms with Gasteiger partial charge in [-0.15, -0.1) is 0 Å². The second kappa shape index (κ2) is 6.91. The van der Waals surface area contributed by atoms with Gasteiger partial charge >= 0.3 is 11.7 Å². The second-order valence-corrected chi connectivity index (χ2v) is 4.06. The molecule has 0 unspecified atom stereocenters. The third kappa shape index (κ3) is 4.21. The highest BCUT2D eigenvalue weighted by molar-refractivity contribution is 5.89. The molecule has 1 heterocycles. The first-order valence-corrected chi connectivity index (χ1v) is 6.17. The molecule has 0 radical (unpaired) electrons.